The molecule has 1 aliphatic rings. The maximum Gasteiger partial charge on any atom is 0.262 e. The summed E-state index contributed by atoms with van der Waals surface area (Å²) in [6.07, 6.45) is -0.290. The van der Waals surface area contributed by atoms with Crippen molar-refractivity contribution >= 4 is 23.4 Å². The summed E-state index contributed by atoms with van der Waals surface area (Å²) in [6.45, 7) is 1.70. The molecule has 1 N–H and O–H groups in total. The van der Waals surface area contributed by atoms with Crippen molar-refractivity contribution in [2.75, 3.05) is 5.32 Å². The average Bonchev–Trinajstić information content (AvgIpc) is 3.02. The van der Waals surface area contributed by atoms with Crippen LogP contribution in [0, 0.1) is 29.9 Å². The highest BCUT2D eigenvalue weighted by atomic mass is 19.1. The first-order valence-corrected chi connectivity index (χ1v) is 10.0. The lowest BCUT2D eigenvalue weighted by Gasteiger charge is -2.25. The molecular formula is C25H17F2N3O3. The molecule has 0 saturated heterocycles. The highest BCUT2D eigenvalue weighted by Crippen LogP contribution is 2.27. The third-order valence-corrected chi connectivity index (χ3v) is 5.41. The number of aryl methyl sites for hydroxylation is 1. The molecule has 0 spiro atoms. The van der Waals surface area contributed by atoms with E-state index >= 15 is 0 Å². The maximum absolute atomic E-state index is 13.8. The van der Waals surface area contributed by atoms with E-state index in [1.807, 2.05) is 6.07 Å². The zero-order valence-electron chi connectivity index (χ0n) is 17.4. The van der Waals surface area contributed by atoms with Gasteiger partial charge in [-0.15, -0.1) is 0 Å². The molecule has 1 heterocycles. The molecule has 0 bridgehead atoms. The van der Waals surface area contributed by atoms with Gasteiger partial charge in [0.15, 0.2) is 0 Å². The lowest BCUT2D eigenvalue weighted by molar-refractivity contribution is -0.119. The molecule has 33 heavy (non-hydrogen) atoms. The molecular weight excluding hydrogens is 428 g/mol. The van der Waals surface area contributed by atoms with Gasteiger partial charge in [-0.05, 0) is 60.5 Å². The number of anilines is 1. The fraction of sp³-hybridized carbons (Fsp3) is 0.120. The molecule has 0 aromatic heterocycles. The Bertz CT molecular complexity index is 1290. The number of nitrogens with one attached hydrogen (secondary N) is 1. The first-order valence-electron chi connectivity index (χ1n) is 10.0. The van der Waals surface area contributed by atoms with Crippen LogP contribution in [-0.2, 0) is 11.2 Å². The number of rotatable bonds is 5. The summed E-state index contributed by atoms with van der Waals surface area (Å²) in [5, 5.41) is 11.7. The topological polar surface area (TPSA) is 90.3 Å². The lowest BCUT2D eigenvalue weighted by Crippen LogP contribution is -2.48. The second-order valence-electron chi connectivity index (χ2n) is 7.65. The van der Waals surface area contributed by atoms with Gasteiger partial charge in [0, 0.05) is 18.2 Å². The minimum absolute atomic E-state index is 0.111. The Morgan fingerprint density at radius 3 is 2.15 bits per heavy atom. The summed E-state index contributed by atoms with van der Waals surface area (Å²) in [6, 6.07) is 14.3. The van der Waals surface area contributed by atoms with Gasteiger partial charge >= 0.3 is 0 Å². The number of nitrogens with zero attached hydrogens (tertiary/aromatic N) is 2. The van der Waals surface area contributed by atoms with Gasteiger partial charge in [-0.2, -0.15) is 5.26 Å². The summed E-state index contributed by atoms with van der Waals surface area (Å²) >= 11 is 0. The van der Waals surface area contributed by atoms with Crippen LogP contribution in [0.1, 0.15) is 37.4 Å². The Kier molecular flexibility index (Phi) is 5.71. The third kappa shape index (κ3) is 4.21. The van der Waals surface area contributed by atoms with Crippen LogP contribution in [0.15, 0.2) is 60.7 Å². The van der Waals surface area contributed by atoms with Crippen LogP contribution in [0.3, 0.4) is 0 Å². The van der Waals surface area contributed by atoms with E-state index in [9.17, 15) is 23.2 Å². The summed E-state index contributed by atoms with van der Waals surface area (Å²) in [7, 11) is 0. The highest BCUT2D eigenvalue weighted by molar-refractivity contribution is 6.23. The smallest absolute Gasteiger partial charge is 0.262 e. The number of amides is 3. The van der Waals surface area contributed by atoms with Crippen molar-refractivity contribution in [2.24, 2.45) is 0 Å². The van der Waals surface area contributed by atoms with Crippen molar-refractivity contribution in [1.82, 2.24) is 4.90 Å². The number of fused-ring (bicyclic) bond motifs is 1. The Morgan fingerprint density at radius 1 is 1.00 bits per heavy atom. The van der Waals surface area contributed by atoms with Gasteiger partial charge in [0.1, 0.15) is 17.7 Å². The molecule has 4 rings (SSSR count). The Balaban J connectivity index is 1.71. The molecule has 1 atom stereocenters. The fourth-order valence-corrected chi connectivity index (χ4v) is 3.84. The Morgan fingerprint density at radius 2 is 1.61 bits per heavy atom. The van der Waals surface area contributed by atoms with E-state index in [0.29, 0.717) is 22.9 Å². The largest absolute Gasteiger partial charge is 0.324 e. The quantitative estimate of drug-likeness (QED) is 0.602. The number of nitriles is 1. The average molecular weight is 445 g/mol. The second-order valence-corrected chi connectivity index (χ2v) is 7.65. The van der Waals surface area contributed by atoms with Crippen LogP contribution in [0.2, 0.25) is 0 Å². The summed E-state index contributed by atoms with van der Waals surface area (Å²) < 4.78 is 27.5. The van der Waals surface area contributed by atoms with E-state index in [1.165, 1.54) is 24.3 Å². The third-order valence-electron chi connectivity index (χ3n) is 5.41. The highest BCUT2D eigenvalue weighted by Gasteiger charge is 2.42. The minimum Gasteiger partial charge on any atom is -0.324 e. The summed E-state index contributed by atoms with van der Waals surface area (Å²) in [5.74, 6) is -3.71. The Hall–Kier alpha value is -4.38. The minimum atomic E-state index is -1.37. The van der Waals surface area contributed by atoms with Crippen LogP contribution in [-0.4, -0.2) is 28.7 Å². The molecule has 0 saturated carbocycles. The van der Waals surface area contributed by atoms with Gasteiger partial charge in [-0.25, -0.2) is 8.78 Å². The first kappa shape index (κ1) is 21.8. The summed E-state index contributed by atoms with van der Waals surface area (Å²) in [4.78, 5) is 40.1. The SMILES string of the molecule is Cc1cc(NC(=O)[C@H](Cc2cc(F)cc(F)c2)N2C(=O)c3ccccc3C2=O)ccc1C#N. The van der Waals surface area contributed by atoms with E-state index in [1.54, 1.807) is 25.1 Å². The van der Waals surface area contributed by atoms with E-state index in [4.69, 9.17) is 5.26 Å². The molecule has 3 amide bonds. The van der Waals surface area contributed by atoms with E-state index in [2.05, 4.69) is 5.32 Å². The van der Waals surface area contributed by atoms with Gasteiger partial charge in [0.2, 0.25) is 5.91 Å². The zero-order chi connectivity index (χ0) is 23.7. The van der Waals surface area contributed by atoms with Crippen LogP contribution in [0.25, 0.3) is 0 Å². The molecule has 0 aliphatic carbocycles. The Labute approximate surface area is 188 Å². The number of imide groups is 1. The predicted molar refractivity (Wildman–Crippen MR) is 115 cm³/mol. The number of carbonyl (C=O) groups is 3. The molecule has 0 fully saturated rings. The van der Waals surface area contributed by atoms with Crippen LogP contribution >= 0.6 is 0 Å². The van der Waals surface area contributed by atoms with E-state index in [0.717, 1.165) is 17.0 Å². The van der Waals surface area contributed by atoms with E-state index < -0.39 is 35.4 Å². The molecule has 1 aliphatic heterocycles. The van der Waals surface area contributed by atoms with Crippen molar-refractivity contribution in [1.29, 1.82) is 5.26 Å². The van der Waals surface area contributed by atoms with Gasteiger partial charge in [0.05, 0.1) is 22.8 Å². The van der Waals surface area contributed by atoms with Crippen LogP contribution in [0.4, 0.5) is 14.5 Å². The van der Waals surface area contributed by atoms with Gasteiger partial charge in [0.25, 0.3) is 11.8 Å². The van der Waals surface area contributed by atoms with Crippen LogP contribution < -0.4 is 5.32 Å². The van der Waals surface area contributed by atoms with Crippen molar-refractivity contribution in [3.8, 4) is 6.07 Å². The zero-order valence-corrected chi connectivity index (χ0v) is 17.4. The molecule has 0 radical (unpaired) electrons. The van der Waals surface area contributed by atoms with Crippen molar-refractivity contribution in [3.05, 3.63) is 100 Å². The van der Waals surface area contributed by atoms with Gasteiger partial charge in [-0.1, -0.05) is 12.1 Å². The number of halogens is 2. The second kappa shape index (κ2) is 8.63. The molecule has 0 unspecified atom stereocenters. The van der Waals surface area contributed by atoms with Crippen LogP contribution in [0.5, 0.6) is 0 Å². The molecule has 164 valence electrons. The molecule has 8 heteroatoms. The van der Waals surface area contributed by atoms with Crippen molar-refractivity contribution < 1.29 is 23.2 Å². The number of carbonyl (C=O) groups excluding carboxylic acids is 3. The number of hydrogen-bond donors (Lipinski definition) is 1. The normalized spacial score (nSPS) is 13.5. The standard InChI is InChI=1S/C25H17F2N3O3/c1-14-8-19(7-6-16(14)13-28)29-23(31)22(11-15-9-17(26)12-18(27)10-15)30-24(32)20-4-2-3-5-21(20)25(30)33/h2-10,12,22H,11H2,1H3,(H,29,31)/t22-/m0/s1. The first-order chi connectivity index (χ1) is 15.8. The summed E-state index contributed by atoms with van der Waals surface area (Å²) in [5.41, 5.74) is 1.82. The van der Waals surface area contributed by atoms with E-state index in [-0.39, 0.29) is 23.1 Å². The number of benzene rings is 3. The molecule has 6 nitrogen and oxygen atoms in total. The predicted octanol–water partition coefficient (Wildman–Crippen LogP) is 3.99. The number of hydrogen-bond acceptors (Lipinski definition) is 4. The van der Waals surface area contributed by atoms with Crippen molar-refractivity contribution in [3.63, 3.8) is 0 Å². The lowest BCUT2D eigenvalue weighted by atomic mass is 10.0. The fourth-order valence-electron chi connectivity index (χ4n) is 3.84. The van der Waals surface area contributed by atoms with Gasteiger partial charge < -0.3 is 5.32 Å². The molecule has 3 aromatic rings. The monoisotopic (exact) mass is 445 g/mol. The van der Waals surface area contributed by atoms with Gasteiger partial charge in [-0.3, -0.25) is 19.3 Å². The maximum atomic E-state index is 13.8. The van der Waals surface area contributed by atoms with Crippen molar-refractivity contribution in [2.45, 2.75) is 19.4 Å². The molecule has 3 aromatic carbocycles.